The third-order valence-corrected chi connectivity index (χ3v) is 3.87. The fourth-order valence-electron chi connectivity index (χ4n) is 1.38. The van der Waals surface area contributed by atoms with Gasteiger partial charge >= 0.3 is 0 Å². The van der Waals surface area contributed by atoms with Crippen LogP contribution in [0.5, 0.6) is 0 Å². The van der Waals surface area contributed by atoms with Crippen LogP contribution in [0.2, 0.25) is 5.02 Å². The number of benzene rings is 1. The van der Waals surface area contributed by atoms with Crippen LogP contribution in [0.25, 0.3) is 10.4 Å². The van der Waals surface area contributed by atoms with Crippen molar-refractivity contribution >= 4 is 49.3 Å². The molecular formula is C12H8ClIOS. The Morgan fingerprint density at radius 3 is 2.50 bits per heavy atom. The maximum atomic E-state index is 11.0. The zero-order valence-electron chi connectivity index (χ0n) is 8.24. The lowest BCUT2D eigenvalue weighted by Crippen LogP contribution is -1.87. The minimum atomic E-state index is 0.169. The summed E-state index contributed by atoms with van der Waals surface area (Å²) in [7, 11) is 0. The van der Waals surface area contributed by atoms with Gasteiger partial charge < -0.3 is 0 Å². The highest BCUT2D eigenvalue weighted by Crippen LogP contribution is 2.29. The summed E-state index contributed by atoms with van der Waals surface area (Å²) in [6.45, 7) is 0. The van der Waals surface area contributed by atoms with Crippen molar-refractivity contribution in [2.45, 2.75) is 6.42 Å². The van der Waals surface area contributed by atoms with Gasteiger partial charge in [0.1, 0.15) is 0 Å². The van der Waals surface area contributed by atoms with E-state index in [4.69, 9.17) is 11.6 Å². The molecule has 1 aromatic carbocycles. The van der Waals surface area contributed by atoms with Crippen LogP contribution in [0.15, 0.2) is 36.4 Å². The molecule has 2 aromatic rings. The van der Waals surface area contributed by atoms with E-state index in [-0.39, 0.29) is 3.79 Å². The standard InChI is InChI=1S/C12H8ClIOS/c13-9-3-1-8(2-4-9)11-6-5-10(16-11)7-12(14)15/h1-6H,7H2. The summed E-state index contributed by atoms with van der Waals surface area (Å²) in [5, 5.41) is 0.739. The van der Waals surface area contributed by atoms with Crippen LogP contribution in [0.3, 0.4) is 0 Å². The van der Waals surface area contributed by atoms with Crippen LogP contribution in [0.4, 0.5) is 0 Å². The highest BCUT2D eigenvalue weighted by molar-refractivity contribution is 14.1. The van der Waals surface area contributed by atoms with Crippen LogP contribution in [0.1, 0.15) is 4.88 Å². The van der Waals surface area contributed by atoms with E-state index in [1.54, 1.807) is 11.3 Å². The van der Waals surface area contributed by atoms with Crippen molar-refractivity contribution < 1.29 is 4.79 Å². The molecule has 4 heteroatoms. The van der Waals surface area contributed by atoms with Gasteiger partial charge in [-0.2, -0.15) is 0 Å². The zero-order chi connectivity index (χ0) is 11.5. The van der Waals surface area contributed by atoms with E-state index < -0.39 is 0 Å². The molecule has 0 atom stereocenters. The van der Waals surface area contributed by atoms with Crippen molar-refractivity contribution in [3.8, 4) is 10.4 Å². The lowest BCUT2D eigenvalue weighted by molar-refractivity contribution is -0.108. The maximum absolute atomic E-state index is 11.0. The summed E-state index contributed by atoms with van der Waals surface area (Å²) in [5.74, 6) is 0. The summed E-state index contributed by atoms with van der Waals surface area (Å²) in [6, 6.07) is 11.8. The highest BCUT2D eigenvalue weighted by Gasteiger charge is 2.05. The Labute approximate surface area is 117 Å². The summed E-state index contributed by atoms with van der Waals surface area (Å²) in [4.78, 5) is 13.3. The van der Waals surface area contributed by atoms with Gasteiger partial charge in [0.15, 0.2) is 3.79 Å². The van der Waals surface area contributed by atoms with Crippen LogP contribution < -0.4 is 0 Å². The summed E-state index contributed by atoms with van der Waals surface area (Å²) < 4.78 is 0.169. The van der Waals surface area contributed by atoms with Crippen LogP contribution in [0, 0.1) is 0 Å². The number of rotatable bonds is 3. The molecule has 0 radical (unpaired) electrons. The number of thiophene rings is 1. The molecule has 0 aliphatic rings. The van der Waals surface area contributed by atoms with Gasteiger partial charge in [0, 0.05) is 14.8 Å². The lowest BCUT2D eigenvalue weighted by atomic mass is 10.2. The molecule has 0 N–H and O–H groups in total. The first-order valence-corrected chi connectivity index (χ1v) is 6.95. The second-order valence-electron chi connectivity index (χ2n) is 3.30. The monoisotopic (exact) mass is 362 g/mol. The van der Waals surface area contributed by atoms with E-state index >= 15 is 0 Å². The van der Waals surface area contributed by atoms with Crippen molar-refractivity contribution in [2.75, 3.05) is 0 Å². The third kappa shape index (κ3) is 3.06. The Morgan fingerprint density at radius 2 is 1.88 bits per heavy atom. The predicted octanol–water partition coefficient (Wildman–Crippen LogP) is 4.57. The van der Waals surface area contributed by atoms with Crippen LogP contribution >= 0.6 is 45.5 Å². The van der Waals surface area contributed by atoms with Crippen molar-refractivity contribution in [1.82, 2.24) is 0 Å². The van der Waals surface area contributed by atoms with Crippen molar-refractivity contribution in [2.24, 2.45) is 0 Å². The average molecular weight is 363 g/mol. The summed E-state index contributed by atoms with van der Waals surface area (Å²) in [5.41, 5.74) is 1.14. The summed E-state index contributed by atoms with van der Waals surface area (Å²) >= 11 is 9.31. The van der Waals surface area contributed by atoms with Gasteiger partial charge in [0.25, 0.3) is 0 Å². The van der Waals surface area contributed by atoms with Crippen molar-refractivity contribution in [1.29, 1.82) is 0 Å². The zero-order valence-corrected chi connectivity index (χ0v) is 12.0. The first-order valence-electron chi connectivity index (χ1n) is 4.68. The van der Waals surface area contributed by atoms with Gasteiger partial charge in [-0.05, 0) is 52.4 Å². The number of carbonyl (C=O) groups excluding carboxylic acids is 1. The molecule has 0 spiro atoms. The Hall–Kier alpha value is -0.390. The fraction of sp³-hybridized carbons (Fsp3) is 0.0833. The average Bonchev–Trinajstić information content (AvgIpc) is 2.66. The molecule has 0 saturated heterocycles. The SMILES string of the molecule is O=C(I)Cc1ccc(-c2ccc(Cl)cc2)s1. The molecule has 1 aromatic heterocycles. The Balaban J connectivity index is 2.24. The molecule has 82 valence electrons. The van der Waals surface area contributed by atoms with E-state index in [9.17, 15) is 4.79 Å². The Morgan fingerprint density at radius 1 is 1.19 bits per heavy atom. The van der Waals surface area contributed by atoms with Gasteiger partial charge in [-0.1, -0.05) is 23.7 Å². The third-order valence-electron chi connectivity index (χ3n) is 2.10. The molecule has 0 unspecified atom stereocenters. The Bertz CT molecular complexity index is 504. The first-order chi connectivity index (χ1) is 7.65. The molecule has 0 fully saturated rings. The van der Waals surface area contributed by atoms with Gasteiger partial charge in [-0.3, -0.25) is 4.79 Å². The summed E-state index contributed by atoms with van der Waals surface area (Å²) in [6.07, 6.45) is 0.513. The van der Waals surface area contributed by atoms with Gasteiger partial charge in [0.05, 0.1) is 6.42 Å². The normalized spacial score (nSPS) is 10.4. The molecule has 2 rings (SSSR count). The predicted molar refractivity (Wildman–Crippen MR) is 77.5 cm³/mol. The number of halogens is 2. The van der Waals surface area contributed by atoms with E-state index in [1.165, 1.54) is 4.88 Å². The Kier molecular flexibility index (Phi) is 4.00. The second kappa shape index (κ2) is 5.29. The molecule has 0 aliphatic carbocycles. The minimum Gasteiger partial charge on any atom is -0.287 e. The molecule has 16 heavy (non-hydrogen) atoms. The maximum Gasteiger partial charge on any atom is 0.197 e. The smallest absolute Gasteiger partial charge is 0.197 e. The molecule has 0 amide bonds. The molecule has 0 aliphatic heterocycles. The van der Waals surface area contributed by atoms with E-state index in [0.29, 0.717) is 6.42 Å². The minimum absolute atomic E-state index is 0.169. The van der Waals surface area contributed by atoms with E-state index in [1.807, 2.05) is 59.0 Å². The quantitative estimate of drug-likeness (QED) is 0.577. The number of hydrogen-bond donors (Lipinski definition) is 0. The molecule has 1 nitrogen and oxygen atoms in total. The van der Waals surface area contributed by atoms with Gasteiger partial charge in [0.2, 0.25) is 0 Å². The topological polar surface area (TPSA) is 17.1 Å². The van der Waals surface area contributed by atoms with Gasteiger partial charge in [-0.15, -0.1) is 11.3 Å². The lowest BCUT2D eigenvalue weighted by Gasteiger charge is -1.96. The molecule has 0 saturated carbocycles. The van der Waals surface area contributed by atoms with E-state index in [0.717, 1.165) is 15.5 Å². The van der Waals surface area contributed by atoms with Crippen LogP contribution in [-0.2, 0) is 11.2 Å². The second-order valence-corrected chi connectivity index (χ2v) is 6.11. The van der Waals surface area contributed by atoms with Crippen LogP contribution in [-0.4, -0.2) is 3.79 Å². The highest BCUT2D eigenvalue weighted by atomic mass is 127. The first kappa shape index (κ1) is 12.1. The number of hydrogen-bond acceptors (Lipinski definition) is 2. The number of carbonyl (C=O) groups is 1. The van der Waals surface area contributed by atoms with E-state index in [2.05, 4.69) is 0 Å². The van der Waals surface area contributed by atoms with Crippen molar-refractivity contribution in [3.63, 3.8) is 0 Å². The molecule has 1 heterocycles. The fourth-order valence-corrected chi connectivity index (χ4v) is 3.19. The van der Waals surface area contributed by atoms with Gasteiger partial charge in [-0.25, -0.2) is 0 Å². The molecular weight excluding hydrogens is 355 g/mol. The van der Waals surface area contributed by atoms with Crippen molar-refractivity contribution in [3.05, 3.63) is 46.3 Å². The molecule has 0 bridgehead atoms. The largest absolute Gasteiger partial charge is 0.287 e.